The Hall–Kier alpha value is -2.73. The van der Waals surface area contributed by atoms with Crippen LogP contribution in [0.15, 0.2) is 48.9 Å². The van der Waals surface area contributed by atoms with E-state index >= 15 is 0 Å². The maximum absolute atomic E-state index is 13.1. The molecule has 25 heavy (non-hydrogen) atoms. The molecule has 6 heteroatoms. The lowest BCUT2D eigenvalue weighted by Gasteiger charge is -2.34. The molecule has 0 bridgehead atoms. The van der Waals surface area contributed by atoms with Crippen LogP contribution in [-0.2, 0) is 4.74 Å². The second kappa shape index (κ2) is 6.29. The minimum atomic E-state index is -0.0662. The molecule has 1 amide bonds. The van der Waals surface area contributed by atoms with Crippen molar-refractivity contribution in [2.75, 3.05) is 13.1 Å². The Morgan fingerprint density at radius 2 is 1.84 bits per heavy atom. The number of imidazole rings is 1. The molecule has 128 valence electrons. The highest BCUT2D eigenvalue weighted by Gasteiger charge is 2.29. The minimum absolute atomic E-state index is 0.0265. The van der Waals surface area contributed by atoms with Gasteiger partial charge in [0.25, 0.3) is 5.91 Å². The van der Waals surface area contributed by atoms with Gasteiger partial charge in [0.05, 0.1) is 23.4 Å². The second-order valence-corrected chi connectivity index (χ2v) is 6.44. The number of nitrogens with zero attached hydrogens (tertiary/aromatic N) is 4. The molecule has 3 aromatic rings. The van der Waals surface area contributed by atoms with Gasteiger partial charge in [0.1, 0.15) is 0 Å². The quantitative estimate of drug-likeness (QED) is 0.722. The predicted octanol–water partition coefficient (Wildman–Crippen LogP) is 2.65. The molecule has 4 rings (SSSR count). The second-order valence-electron chi connectivity index (χ2n) is 6.44. The smallest absolute Gasteiger partial charge is 0.290 e. The maximum Gasteiger partial charge on any atom is 0.290 e. The van der Waals surface area contributed by atoms with Crippen LogP contribution in [0.1, 0.15) is 24.5 Å². The van der Waals surface area contributed by atoms with Gasteiger partial charge in [-0.05, 0) is 38.1 Å². The van der Waals surface area contributed by atoms with E-state index in [0.29, 0.717) is 18.9 Å². The zero-order valence-electron chi connectivity index (χ0n) is 14.3. The van der Waals surface area contributed by atoms with Crippen molar-refractivity contribution in [2.45, 2.75) is 26.1 Å². The van der Waals surface area contributed by atoms with Crippen molar-refractivity contribution < 1.29 is 9.53 Å². The van der Waals surface area contributed by atoms with Crippen LogP contribution in [-0.4, -0.2) is 50.5 Å². The average Bonchev–Trinajstić information content (AvgIpc) is 3.01. The van der Waals surface area contributed by atoms with E-state index in [1.165, 1.54) is 0 Å². The van der Waals surface area contributed by atoms with E-state index in [4.69, 9.17) is 4.74 Å². The van der Waals surface area contributed by atoms with Crippen molar-refractivity contribution in [1.29, 1.82) is 0 Å². The third-order valence-electron chi connectivity index (χ3n) is 4.40. The third kappa shape index (κ3) is 2.89. The Labute approximate surface area is 146 Å². The Kier molecular flexibility index (Phi) is 3.97. The van der Waals surface area contributed by atoms with Crippen LogP contribution < -0.4 is 0 Å². The van der Waals surface area contributed by atoms with Crippen LogP contribution in [0.25, 0.3) is 16.8 Å². The van der Waals surface area contributed by atoms with Crippen molar-refractivity contribution in [3.8, 4) is 11.3 Å². The zero-order chi connectivity index (χ0) is 17.4. The van der Waals surface area contributed by atoms with Crippen LogP contribution in [0.3, 0.4) is 0 Å². The molecule has 0 aliphatic carbocycles. The number of carbonyl (C=O) groups excluding carboxylic acids is 1. The first-order chi connectivity index (χ1) is 12.1. The first-order valence-corrected chi connectivity index (χ1v) is 8.45. The predicted molar refractivity (Wildman–Crippen MR) is 94.3 cm³/mol. The lowest BCUT2D eigenvalue weighted by atomic mass is 10.2. The van der Waals surface area contributed by atoms with Gasteiger partial charge >= 0.3 is 0 Å². The van der Waals surface area contributed by atoms with Crippen LogP contribution in [0.2, 0.25) is 0 Å². The number of fused-ring (bicyclic) bond motifs is 1. The maximum atomic E-state index is 13.1. The molecule has 6 nitrogen and oxygen atoms in total. The fourth-order valence-electron chi connectivity index (χ4n) is 3.40. The molecule has 1 aliphatic heterocycles. The van der Waals surface area contributed by atoms with Crippen LogP contribution in [0.4, 0.5) is 0 Å². The Bertz CT molecular complexity index is 896. The molecule has 0 radical (unpaired) electrons. The summed E-state index contributed by atoms with van der Waals surface area (Å²) in [5.74, 6) is 0.368. The van der Waals surface area contributed by atoms with Crippen molar-refractivity contribution in [2.24, 2.45) is 0 Å². The highest BCUT2D eigenvalue weighted by atomic mass is 16.5. The number of hydrogen-bond donors (Lipinski definition) is 0. The van der Waals surface area contributed by atoms with Gasteiger partial charge in [-0.25, -0.2) is 4.98 Å². The molecule has 0 aromatic carbocycles. The van der Waals surface area contributed by atoms with Gasteiger partial charge in [-0.2, -0.15) is 0 Å². The normalized spacial score (nSPS) is 20.8. The fraction of sp³-hybridized carbons (Fsp3) is 0.316. The fourth-order valence-corrected chi connectivity index (χ4v) is 3.40. The lowest BCUT2D eigenvalue weighted by Crippen LogP contribution is -2.48. The van der Waals surface area contributed by atoms with Crippen molar-refractivity contribution in [1.82, 2.24) is 19.3 Å². The van der Waals surface area contributed by atoms with Gasteiger partial charge in [0.2, 0.25) is 5.82 Å². The average molecular weight is 336 g/mol. The molecule has 3 aromatic heterocycles. The molecule has 1 saturated heterocycles. The monoisotopic (exact) mass is 336 g/mol. The molecule has 1 aliphatic rings. The van der Waals surface area contributed by atoms with Crippen LogP contribution >= 0.6 is 0 Å². The van der Waals surface area contributed by atoms with E-state index in [-0.39, 0.29) is 18.1 Å². The van der Waals surface area contributed by atoms with E-state index in [0.717, 1.165) is 16.8 Å². The van der Waals surface area contributed by atoms with E-state index in [2.05, 4.69) is 9.97 Å². The molecule has 1 fully saturated rings. The number of carbonyl (C=O) groups is 1. The van der Waals surface area contributed by atoms with Gasteiger partial charge in [0, 0.05) is 37.2 Å². The van der Waals surface area contributed by atoms with Gasteiger partial charge in [-0.1, -0.05) is 6.07 Å². The topological polar surface area (TPSA) is 59.7 Å². The Morgan fingerprint density at radius 1 is 1.12 bits per heavy atom. The largest absolute Gasteiger partial charge is 0.372 e. The van der Waals surface area contributed by atoms with Crippen molar-refractivity contribution in [3.63, 3.8) is 0 Å². The summed E-state index contributed by atoms with van der Waals surface area (Å²) in [6.07, 6.45) is 5.40. The number of hydrogen-bond acceptors (Lipinski definition) is 4. The van der Waals surface area contributed by atoms with E-state index in [9.17, 15) is 4.79 Å². The summed E-state index contributed by atoms with van der Waals surface area (Å²) < 4.78 is 7.60. The van der Waals surface area contributed by atoms with Crippen LogP contribution in [0, 0.1) is 0 Å². The molecular formula is C19H20N4O2. The van der Waals surface area contributed by atoms with Crippen molar-refractivity contribution >= 4 is 11.4 Å². The first kappa shape index (κ1) is 15.8. The van der Waals surface area contributed by atoms with E-state index < -0.39 is 0 Å². The van der Waals surface area contributed by atoms with E-state index in [1.54, 1.807) is 12.4 Å². The summed E-state index contributed by atoms with van der Waals surface area (Å²) in [6.45, 7) is 5.13. The number of rotatable bonds is 2. The highest BCUT2D eigenvalue weighted by Crippen LogP contribution is 2.25. The SMILES string of the molecule is CC1CN(C(=O)c2nc(-c3ccncc3)c3ccccn23)CC(C)O1. The molecule has 0 spiro atoms. The van der Waals surface area contributed by atoms with Gasteiger partial charge in [0.15, 0.2) is 0 Å². The lowest BCUT2D eigenvalue weighted by molar-refractivity contribution is -0.0589. The number of amides is 1. The Morgan fingerprint density at radius 3 is 2.56 bits per heavy atom. The highest BCUT2D eigenvalue weighted by molar-refractivity contribution is 5.94. The van der Waals surface area contributed by atoms with Crippen LogP contribution in [0.5, 0.6) is 0 Å². The summed E-state index contributed by atoms with van der Waals surface area (Å²) in [5.41, 5.74) is 2.65. The summed E-state index contributed by atoms with van der Waals surface area (Å²) in [4.78, 5) is 23.7. The minimum Gasteiger partial charge on any atom is -0.372 e. The molecule has 2 unspecified atom stereocenters. The number of pyridine rings is 2. The summed E-state index contributed by atoms with van der Waals surface area (Å²) >= 11 is 0. The van der Waals surface area contributed by atoms with Gasteiger partial charge < -0.3 is 9.64 Å². The third-order valence-corrected chi connectivity index (χ3v) is 4.40. The summed E-state index contributed by atoms with van der Waals surface area (Å²) in [7, 11) is 0. The number of morpholine rings is 1. The zero-order valence-corrected chi connectivity index (χ0v) is 14.3. The first-order valence-electron chi connectivity index (χ1n) is 8.45. The molecule has 2 atom stereocenters. The Balaban J connectivity index is 1.79. The number of ether oxygens (including phenoxy) is 1. The molecule has 4 heterocycles. The standard InChI is InChI=1S/C19H20N4O2/c1-13-11-22(12-14(2)25-13)19(24)18-21-17(15-6-8-20-9-7-15)16-5-3-4-10-23(16)18/h3-10,13-14H,11-12H2,1-2H3. The molecule has 0 N–H and O–H groups in total. The van der Waals surface area contributed by atoms with Gasteiger partial charge in [-0.15, -0.1) is 0 Å². The number of aromatic nitrogens is 3. The van der Waals surface area contributed by atoms with Gasteiger partial charge in [-0.3, -0.25) is 14.2 Å². The summed E-state index contributed by atoms with van der Waals surface area (Å²) in [5, 5.41) is 0. The molecule has 0 saturated carbocycles. The van der Waals surface area contributed by atoms with Crippen molar-refractivity contribution in [3.05, 3.63) is 54.7 Å². The molecular weight excluding hydrogens is 316 g/mol. The summed E-state index contributed by atoms with van der Waals surface area (Å²) in [6, 6.07) is 9.65. The van der Waals surface area contributed by atoms with E-state index in [1.807, 2.05) is 59.7 Å².